The summed E-state index contributed by atoms with van der Waals surface area (Å²) < 4.78 is 37.3. The highest BCUT2D eigenvalue weighted by molar-refractivity contribution is 5.88. The molecular formula is C7H6F3N5. The zero-order chi connectivity index (χ0) is 11.2. The Morgan fingerprint density at radius 2 is 1.93 bits per heavy atom. The summed E-state index contributed by atoms with van der Waals surface area (Å²) >= 11 is 0. The number of alkyl halides is 3. The Balaban J connectivity index is 2.81. The van der Waals surface area contributed by atoms with Gasteiger partial charge in [-0.05, 0) is 6.92 Å². The van der Waals surface area contributed by atoms with Gasteiger partial charge in [-0.15, -0.1) is 0 Å². The molecule has 0 aromatic carbocycles. The van der Waals surface area contributed by atoms with Gasteiger partial charge in [0, 0.05) is 0 Å². The Labute approximate surface area is 81.5 Å². The lowest BCUT2D eigenvalue weighted by molar-refractivity contribution is -0.139. The van der Waals surface area contributed by atoms with Crippen LogP contribution in [0.5, 0.6) is 0 Å². The number of aromatic amines is 1. The standard InChI is InChI=1S/C7H6F3N5/c1-2-12-5(11)3-4(7(8,9)10)14-15-6(3)13-2/h1H3,(H3,11,12,13,14,15). The molecule has 0 fully saturated rings. The molecule has 2 aromatic heterocycles. The van der Waals surface area contributed by atoms with Crippen LogP contribution in [0.3, 0.4) is 0 Å². The van der Waals surface area contributed by atoms with Crippen molar-refractivity contribution in [2.24, 2.45) is 0 Å². The van der Waals surface area contributed by atoms with E-state index in [9.17, 15) is 13.2 Å². The quantitative estimate of drug-likeness (QED) is 0.696. The summed E-state index contributed by atoms with van der Waals surface area (Å²) in [5, 5.41) is 5.01. The molecule has 0 amide bonds. The maximum absolute atomic E-state index is 12.4. The molecular weight excluding hydrogens is 211 g/mol. The predicted molar refractivity (Wildman–Crippen MR) is 45.8 cm³/mol. The maximum atomic E-state index is 12.4. The monoisotopic (exact) mass is 217 g/mol. The highest BCUT2D eigenvalue weighted by Gasteiger charge is 2.36. The second kappa shape index (κ2) is 2.81. The van der Waals surface area contributed by atoms with Gasteiger partial charge in [0.25, 0.3) is 0 Å². The van der Waals surface area contributed by atoms with Crippen molar-refractivity contribution < 1.29 is 13.2 Å². The molecule has 3 N–H and O–H groups in total. The Bertz CT molecular complexity index is 515. The van der Waals surface area contributed by atoms with E-state index in [0.717, 1.165) is 0 Å². The number of aryl methyl sites for hydroxylation is 1. The van der Waals surface area contributed by atoms with Crippen LogP contribution >= 0.6 is 0 Å². The summed E-state index contributed by atoms with van der Waals surface area (Å²) in [5.74, 6) is 0.0544. The molecule has 8 heteroatoms. The number of nitrogens with two attached hydrogens (primary N) is 1. The molecule has 15 heavy (non-hydrogen) atoms. The molecule has 0 saturated carbocycles. The first-order valence-corrected chi connectivity index (χ1v) is 3.95. The molecule has 0 saturated heterocycles. The van der Waals surface area contributed by atoms with Crippen molar-refractivity contribution in [2.45, 2.75) is 13.1 Å². The number of aromatic nitrogens is 4. The van der Waals surface area contributed by atoms with Gasteiger partial charge in [0.1, 0.15) is 11.6 Å². The largest absolute Gasteiger partial charge is 0.433 e. The number of hydrogen-bond donors (Lipinski definition) is 2. The summed E-state index contributed by atoms with van der Waals surface area (Å²) in [4.78, 5) is 7.39. The molecule has 2 rings (SSSR count). The van der Waals surface area contributed by atoms with Gasteiger partial charge in [-0.2, -0.15) is 18.3 Å². The van der Waals surface area contributed by atoms with Crippen molar-refractivity contribution in [2.75, 3.05) is 5.73 Å². The highest BCUT2D eigenvalue weighted by Crippen LogP contribution is 2.34. The highest BCUT2D eigenvalue weighted by atomic mass is 19.4. The molecule has 0 bridgehead atoms. The van der Waals surface area contributed by atoms with Crippen molar-refractivity contribution in [1.29, 1.82) is 0 Å². The Hall–Kier alpha value is -1.86. The molecule has 0 atom stereocenters. The van der Waals surface area contributed by atoms with Gasteiger partial charge < -0.3 is 5.73 Å². The van der Waals surface area contributed by atoms with E-state index in [0.29, 0.717) is 0 Å². The van der Waals surface area contributed by atoms with Crippen LogP contribution in [-0.2, 0) is 6.18 Å². The second-order valence-corrected chi connectivity index (χ2v) is 2.95. The minimum atomic E-state index is -4.54. The average Bonchev–Trinajstić information content (AvgIpc) is 2.45. The molecule has 0 radical (unpaired) electrons. The molecule has 2 heterocycles. The summed E-state index contributed by atoms with van der Waals surface area (Å²) in [6.07, 6.45) is -4.54. The van der Waals surface area contributed by atoms with Crippen molar-refractivity contribution in [3.63, 3.8) is 0 Å². The molecule has 0 unspecified atom stereocenters. The minimum absolute atomic E-state index is 0.0766. The molecule has 0 spiro atoms. The maximum Gasteiger partial charge on any atom is 0.433 e. The molecule has 0 aliphatic rings. The lowest BCUT2D eigenvalue weighted by atomic mass is 10.3. The molecule has 80 valence electrons. The van der Waals surface area contributed by atoms with Gasteiger partial charge >= 0.3 is 6.18 Å². The van der Waals surface area contributed by atoms with Crippen LogP contribution in [-0.4, -0.2) is 20.2 Å². The van der Waals surface area contributed by atoms with Crippen molar-refractivity contribution in [3.8, 4) is 0 Å². The van der Waals surface area contributed by atoms with E-state index in [-0.39, 0.29) is 22.7 Å². The fourth-order valence-corrected chi connectivity index (χ4v) is 1.27. The van der Waals surface area contributed by atoms with E-state index in [2.05, 4.69) is 15.1 Å². The van der Waals surface area contributed by atoms with Crippen molar-refractivity contribution in [1.82, 2.24) is 20.2 Å². The summed E-state index contributed by atoms with van der Waals surface area (Å²) in [6.45, 7) is 1.53. The summed E-state index contributed by atoms with van der Waals surface area (Å²) in [5.41, 5.74) is 4.29. The number of rotatable bonds is 0. The van der Waals surface area contributed by atoms with Crippen LogP contribution in [0.15, 0.2) is 0 Å². The number of nitrogen functional groups attached to an aromatic ring is 1. The number of nitrogens with one attached hydrogen (secondary N) is 1. The SMILES string of the molecule is Cc1nc(N)c2c(C(F)(F)F)[nH]nc2n1. The summed E-state index contributed by atoms with van der Waals surface area (Å²) in [6, 6.07) is 0. The van der Waals surface area contributed by atoms with Gasteiger partial charge in [-0.25, -0.2) is 9.97 Å². The number of hydrogen-bond acceptors (Lipinski definition) is 4. The molecule has 0 aliphatic heterocycles. The fraction of sp³-hybridized carbons (Fsp3) is 0.286. The Morgan fingerprint density at radius 1 is 1.27 bits per heavy atom. The number of fused-ring (bicyclic) bond motifs is 1. The second-order valence-electron chi connectivity index (χ2n) is 2.95. The summed E-state index contributed by atoms with van der Waals surface area (Å²) in [7, 11) is 0. The average molecular weight is 217 g/mol. The Morgan fingerprint density at radius 3 is 2.53 bits per heavy atom. The van der Waals surface area contributed by atoms with E-state index in [1.165, 1.54) is 6.92 Å². The fourth-order valence-electron chi connectivity index (χ4n) is 1.27. The van der Waals surface area contributed by atoms with Crippen LogP contribution in [0.1, 0.15) is 11.5 Å². The normalized spacial score (nSPS) is 12.3. The van der Waals surface area contributed by atoms with Gasteiger partial charge in [-0.1, -0.05) is 0 Å². The van der Waals surface area contributed by atoms with Crippen LogP contribution in [0, 0.1) is 6.92 Å². The topological polar surface area (TPSA) is 80.5 Å². The first kappa shape index (κ1) is 9.69. The first-order chi connectivity index (χ1) is 6.89. The zero-order valence-electron chi connectivity index (χ0n) is 7.55. The lowest BCUT2D eigenvalue weighted by Gasteiger charge is -2.04. The number of halogens is 3. The third-order valence-electron chi connectivity index (χ3n) is 1.84. The van der Waals surface area contributed by atoms with E-state index in [4.69, 9.17) is 5.73 Å². The van der Waals surface area contributed by atoms with E-state index < -0.39 is 11.9 Å². The minimum Gasteiger partial charge on any atom is -0.383 e. The third-order valence-corrected chi connectivity index (χ3v) is 1.84. The van der Waals surface area contributed by atoms with Crippen LogP contribution in [0.4, 0.5) is 19.0 Å². The Kier molecular flexibility index (Phi) is 1.82. The van der Waals surface area contributed by atoms with Crippen LogP contribution in [0.2, 0.25) is 0 Å². The molecule has 0 aliphatic carbocycles. The van der Waals surface area contributed by atoms with E-state index in [1.54, 1.807) is 0 Å². The van der Waals surface area contributed by atoms with E-state index >= 15 is 0 Å². The number of anilines is 1. The van der Waals surface area contributed by atoms with Gasteiger partial charge in [0.2, 0.25) is 0 Å². The smallest absolute Gasteiger partial charge is 0.383 e. The van der Waals surface area contributed by atoms with Crippen LogP contribution < -0.4 is 5.73 Å². The lowest BCUT2D eigenvalue weighted by Crippen LogP contribution is -2.07. The van der Waals surface area contributed by atoms with Crippen LogP contribution in [0.25, 0.3) is 11.0 Å². The van der Waals surface area contributed by atoms with E-state index in [1.807, 2.05) is 5.10 Å². The van der Waals surface area contributed by atoms with Gasteiger partial charge in [-0.3, -0.25) is 5.10 Å². The number of nitrogens with zero attached hydrogens (tertiary/aromatic N) is 3. The predicted octanol–water partition coefficient (Wildman–Crippen LogP) is 1.26. The zero-order valence-corrected chi connectivity index (χ0v) is 7.55. The first-order valence-electron chi connectivity index (χ1n) is 3.95. The number of H-pyrrole nitrogens is 1. The van der Waals surface area contributed by atoms with Crippen molar-refractivity contribution >= 4 is 16.9 Å². The van der Waals surface area contributed by atoms with Gasteiger partial charge in [0.05, 0.1) is 5.39 Å². The van der Waals surface area contributed by atoms with Crippen molar-refractivity contribution in [3.05, 3.63) is 11.5 Å². The molecule has 5 nitrogen and oxygen atoms in total. The van der Waals surface area contributed by atoms with Gasteiger partial charge in [0.15, 0.2) is 11.3 Å². The molecule has 2 aromatic rings. The third kappa shape index (κ3) is 1.47.